The highest BCUT2D eigenvalue weighted by Crippen LogP contribution is 2.50. The van der Waals surface area contributed by atoms with Crippen molar-refractivity contribution < 1.29 is 14.3 Å². The number of carbonyl (C=O) groups is 1. The van der Waals surface area contributed by atoms with Crippen molar-refractivity contribution >= 4 is 5.97 Å². The summed E-state index contributed by atoms with van der Waals surface area (Å²) in [5.74, 6) is 0.497. The van der Waals surface area contributed by atoms with Crippen LogP contribution >= 0.6 is 0 Å². The first kappa shape index (κ1) is 16.8. The van der Waals surface area contributed by atoms with E-state index in [1.807, 2.05) is 6.92 Å². The third-order valence-corrected chi connectivity index (χ3v) is 5.28. The van der Waals surface area contributed by atoms with Gasteiger partial charge in [0.05, 0.1) is 24.2 Å². The maximum atomic E-state index is 11.9. The molecule has 0 N–H and O–H groups in total. The molecule has 2 saturated carbocycles. The Kier molecular flexibility index (Phi) is 5.02. The van der Waals surface area contributed by atoms with E-state index in [1.54, 1.807) is 0 Å². The number of hydrogen-bond donors (Lipinski definition) is 0. The van der Waals surface area contributed by atoms with Crippen molar-refractivity contribution in [3.63, 3.8) is 0 Å². The predicted octanol–water partition coefficient (Wildman–Crippen LogP) is 4.34. The quantitative estimate of drug-likeness (QED) is 0.684. The summed E-state index contributed by atoms with van der Waals surface area (Å²) < 4.78 is 11.5. The highest BCUT2D eigenvalue weighted by atomic mass is 16.5. The molecule has 0 bridgehead atoms. The molecule has 0 radical (unpaired) electrons. The first-order chi connectivity index (χ1) is 9.77. The normalized spacial score (nSPS) is 36.0. The molecule has 4 atom stereocenters. The Balaban J connectivity index is 1.83. The Hall–Kier alpha value is -0.570. The van der Waals surface area contributed by atoms with E-state index in [0.717, 1.165) is 12.8 Å². The second-order valence-electron chi connectivity index (χ2n) is 8.08. The lowest BCUT2D eigenvalue weighted by atomic mass is 9.71. The summed E-state index contributed by atoms with van der Waals surface area (Å²) >= 11 is 0. The minimum atomic E-state index is -0.286. The van der Waals surface area contributed by atoms with Crippen LogP contribution in [0.3, 0.4) is 0 Å². The molecule has 0 aliphatic heterocycles. The van der Waals surface area contributed by atoms with Crippen molar-refractivity contribution in [2.24, 2.45) is 17.3 Å². The van der Waals surface area contributed by atoms with Crippen molar-refractivity contribution in [1.82, 2.24) is 0 Å². The van der Waals surface area contributed by atoms with Crippen LogP contribution in [-0.2, 0) is 14.3 Å². The van der Waals surface area contributed by atoms with Gasteiger partial charge in [-0.05, 0) is 57.3 Å². The molecule has 0 saturated heterocycles. The van der Waals surface area contributed by atoms with Crippen molar-refractivity contribution in [3.8, 4) is 0 Å². The zero-order chi connectivity index (χ0) is 15.7. The van der Waals surface area contributed by atoms with E-state index in [1.165, 1.54) is 25.7 Å². The maximum Gasteiger partial charge on any atom is 0.311 e. The van der Waals surface area contributed by atoms with Crippen molar-refractivity contribution in [2.75, 3.05) is 6.61 Å². The predicted molar refractivity (Wildman–Crippen MR) is 84.0 cm³/mol. The van der Waals surface area contributed by atoms with Crippen LogP contribution in [0.1, 0.15) is 73.1 Å². The first-order valence-corrected chi connectivity index (χ1v) is 8.62. The maximum absolute atomic E-state index is 11.9. The third kappa shape index (κ3) is 4.21. The summed E-state index contributed by atoms with van der Waals surface area (Å²) in [6.45, 7) is 11.5. The van der Waals surface area contributed by atoms with E-state index in [0.29, 0.717) is 17.9 Å². The van der Waals surface area contributed by atoms with E-state index in [2.05, 4.69) is 27.7 Å². The zero-order valence-corrected chi connectivity index (χ0v) is 14.4. The molecule has 122 valence electrons. The molecule has 3 heteroatoms. The molecular formula is C18H32O3. The zero-order valence-electron chi connectivity index (χ0n) is 14.4. The van der Waals surface area contributed by atoms with Crippen LogP contribution in [-0.4, -0.2) is 24.3 Å². The van der Waals surface area contributed by atoms with Gasteiger partial charge in [-0.3, -0.25) is 4.79 Å². The molecule has 0 aromatic rings. The summed E-state index contributed by atoms with van der Waals surface area (Å²) in [5, 5.41) is 0. The van der Waals surface area contributed by atoms with E-state index >= 15 is 0 Å². The van der Waals surface area contributed by atoms with Crippen LogP contribution in [0.4, 0.5) is 0 Å². The van der Waals surface area contributed by atoms with Crippen LogP contribution in [0.5, 0.6) is 0 Å². The largest absolute Gasteiger partial charge is 0.465 e. The number of ether oxygens (including phenoxy) is 2. The highest BCUT2D eigenvalue weighted by Gasteiger charge is 2.58. The molecule has 2 aliphatic carbocycles. The van der Waals surface area contributed by atoms with Crippen LogP contribution in [0.2, 0.25) is 0 Å². The van der Waals surface area contributed by atoms with Crippen LogP contribution in [0.25, 0.3) is 0 Å². The topological polar surface area (TPSA) is 35.5 Å². The fourth-order valence-electron chi connectivity index (χ4n) is 3.79. The standard InChI is InChI=1S/C18H32O3/c1-6-10-20-16(19)15-12-18(15,5)21-13(2)14-8-7-9-17(3,4)11-14/h13-15H,6-12H2,1-5H3. The van der Waals surface area contributed by atoms with E-state index in [9.17, 15) is 4.79 Å². The van der Waals surface area contributed by atoms with Gasteiger partial charge in [0.2, 0.25) is 0 Å². The number of hydrogen-bond acceptors (Lipinski definition) is 3. The summed E-state index contributed by atoms with van der Waals surface area (Å²) in [7, 11) is 0. The minimum absolute atomic E-state index is 0.0527. The average molecular weight is 296 g/mol. The second kappa shape index (κ2) is 6.28. The van der Waals surface area contributed by atoms with Gasteiger partial charge in [-0.1, -0.05) is 27.2 Å². The summed E-state index contributed by atoms with van der Waals surface area (Å²) in [5.41, 5.74) is 0.149. The van der Waals surface area contributed by atoms with E-state index in [4.69, 9.17) is 9.47 Å². The monoisotopic (exact) mass is 296 g/mol. The van der Waals surface area contributed by atoms with Gasteiger partial charge < -0.3 is 9.47 Å². The lowest BCUT2D eigenvalue weighted by Crippen LogP contribution is -2.34. The summed E-state index contributed by atoms with van der Waals surface area (Å²) in [4.78, 5) is 11.9. The highest BCUT2D eigenvalue weighted by molar-refractivity contribution is 5.77. The third-order valence-electron chi connectivity index (χ3n) is 5.28. The fraction of sp³-hybridized carbons (Fsp3) is 0.944. The van der Waals surface area contributed by atoms with Crippen molar-refractivity contribution in [1.29, 1.82) is 0 Å². The Morgan fingerprint density at radius 2 is 2.00 bits per heavy atom. The van der Waals surface area contributed by atoms with E-state index < -0.39 is 0 Å². The minimum Gasteiger partial charge on any atom is -0.465 e. The van der Waals surface area contributed by atoms with Gasteiger partial charge >= 0.3 is 5.97 Å². The fourth-order valence-corrected chi connectivity index (χ4v) is 3.79. The summed E-state index contributed by atoms with van der Waals surface area (Å²) in [6, 6.07) is 0. The molecule has 0 heterocycles. The molecule has 0 amide bonds. The lowest BCUT2D eigenvalue weighted by molar-refractivity contribution is -0.149. The molecular weight excluding hydrogens is 264 g/mol. The van der Waals surface area contributed by atoms with Gasteiger partial charge in [0.1, 0.15) is 0 Å². The van der Waals surface area contributed by atoms with Crippen LogP contribution < -0.4 is 0 Å². The number of carbonyl (C=O) groups excluding carboxylic acids is 1. The summed E-state index contributed by atoms with van der Waals surface area (Å²) in [6.07, 6.45) is 7.03. The van der Waals surface area contributed by atoms with Gasteiger partial charge in [0.25, 0.3) is 0 Å². The molecule has 2 aliphatic rings. The molecule has 0 aromatic heterocycles. The molecule has 3 nitrogen and oxygen atoms in total. The van der Waals surface area contributed by atoms with Gasteiger partial charge in [0.15, 0.2) is 0 Å². The van der Waals surface area contributed by atoms with Crippen molar-refractivity contribution in [2.45, 2.75) is 84.8 Å². The van der Waals surface area contributed by atoms with Crippen LogP contribution in [0.15, 0.2) is 0 Å². The Labute approximate surface area is 129 Å². The average Bonchev–Trinajstić information content (AvgIpc) is 3.06. The molecule has 4 unspecified atom stereocenters. The number of esters is 1. The molecule has 0 aromatic carbocycles. The van der Waals surface area contributed by atoms with Gasteiger partial charge in [-0.15, -0.1) is 0 Å². The smallest absolute Gasteiger partial charge is 0.311 e. The molecule has 2 rings (SSSR count). The molecule has 0 spiro atoms. The van der Waals surface area contributed by atoms with Gasteiger partial charge in [0, 0.05) is 0 Å². The van der Waals surface area contributed by atoms with Gasteiger partial charge in [-0.25, -0.2) is 0 Å². The lowest BCUT2D eigenvalue weighted by Gasteiger charge is -2.38. The first-order valence-electron chi connectivity index (χ1n) is 8.62. The Morgan fingerprint density at radius 1 is 1.29 bits per heavy atom. The van der Waals surface area contributed by atoms with E-state index in [-0.39, 0.29) is 23.6 Å². The Morgan fingerprint density at radius 3 is 2.62 bits per heavy atom. The van der Waals surface area contributed by atoms with Crippen molar-refractivity contribution in [3.05, 3.63) is 0 Å². The second-order valence-corrected chi connectivity index (χ2v) is 8.08. The molecule has 21 heavy (non-hydrogen) atoms. The van der Waals surface area contributed by atoms with Gasteiger partial charge in [-0.2, -0.15) is 0 Å². The SMILES string of the molecule is CCCOC(=O)C1CC1(C)OC(C)C1CCCC(C)(C)C1. The van der Waals surface area contributed by atoms with Crippen LogP contribution in [0, 0.1) is 17.3 Å². The number of rotatable bonds is 6. The molecule has 2 fully saturated rings. The Bertz CT molecular complexity index is 377.